The second kappa shape index (κ2) is 7.84. The third-order valence-electron chi connectivity index (χ3n) is 4.98. The van der Waals surface area contributed by atoms with Crippen LogP contribution in [0.1, 0.15) is 5.69 Å². The molecular formula is C25H17FN4O. The fourth-order valence-electron chi connectivity index (χ4n) is 3.46. The fraction of sp³-hybridized carbons (Fsp3) is 0. The third kappa shape index (κ3) is 3.55. The first-order valence-corrected chi connectivity index (χ1v) is 9.75. The summed E-state index contributed by atoms with van der Waals surface area (Å²) in [6, 6.07) is 26.6. The molecule has 2 heterocycles. The molecule has 0 spiro atoms. The molecule has 150 valence electrons. The van der Waals surface area contributed by atoms with Crippen molar-refractivity contribution in [1.82, 2.24) is 14.2 Å². The Hall–Kier alpha value is -4.32. The van der Waals surface area contributed by atoms with Crippen LogP contribution in [0.4, 0.5) is 4.39 Å². The van der Waals surface area contributed by atoms with Crippen molar-refractivity contribution < 1.29 is 4.39 Å². The summed E-state index contributed by atoms with van der Waals surface area (Å²) in [5.74, 6) is 0.160. The Balaban J connectivity index is 1.65. The van der Waals surface area contributed by atoms with Crippen LogP contribution in [-0.2, 0) is 0 Å². The SMILES string of the molecule is O=c1c2ccccc2nc(-c2ccccc2)n1N=Cc1cccn1-c1ccc(F)cc1. The van der Waals surface area contributed by atoms with Gasteiger partial charge in [0.2, 0.25) is 0 Å². The molecular weight excluding hydrogens is 391 g/mol. The molecule has 0 unspecified atom stereocenters. The van der Waals surface area contributed by atoms with Crippen molar-refractivity contribution in [3.8, 4) is 17.1 Å². The lowest BCUT2D eigenvalue weighted by atomic mass is 10.2. The quantitative estimate of drug-likeness (QED) is 0.398. The summed E-state index contributed by atoms with van der Waals surface area (Å²) in [6.07, 6.45) is 3.46. The topological polar surface area (TPSA) is 52.2 Å². The number of hydrogen-bond donors (Lipinski definition) is 0. The second-order valence-corrected chi connectivity index (χ2v) is 6.96. The lowest BCUT2D eigenvalue weighted by Crippen LogP contribution is -2.20. The normalized spacial score (nSPS) is 11.4. The summed E-state index contributed by atoms with van der Waals surface area (Å²) in [7, 11) is 0. The molecule has 0 aliphatic heterocycles. The van der Waals surface area contributed by atoms with Gasteiger partial charge in [-0.3, -0.25) is 4.79 Å². The molecule has 0 N–H and O–H groups in total. The van der Waals surface area contributed by atoms with Gasteiger partial charge in [0.25, 0.3) is 5.56 Å². The smallest absolute Gasteiger partial charge is 0.282 e. The highest BCUT2D eigenvalue weighted by Gasteiger charge is 2.12. The minimum absolute atomic E-state index is 0.249. The molecule has 6 heteroatoms. The Morgan fingerprint density at radius 3 is 2.39 bits per heavy atom. The molecule has 0 saturated carbocycles. The molecule has 0 amide bonds. The van der Waals surface area contributed by atoms with Crippen LogP contribution in [-0.4, -0.2) is 20.4 Å². The average molecular weight is 408 g/mol. The number of fused-ring (bicyclic) bond motifs is 1. The van der Waals surface area contributed by atoms with Crippen LogP contribution in [0.25, 0.3) is 28.0 Å². The molecule has 3 aromatic carbocycles. The molecule has 0 bridgehead atoms. The maximum absolute atomic E-state index is 13.3. The Morgan fingerprint density at radius 1 is 0.839 bits per heavy atom. The number of benzene rings is 3. The summed E-state index contributed by atoms with van der Waals surface area (Å²) < 4.78 is 16.5. The highest BCUT2D eigenvalue weighted by Crippen LogP contribution is 2.19. The van der Waals surface area contributed by atoms with Crippen LogP contribution in [0.5, 0.6) is 0 Å². The standard InChI is InChI=1S/C25H17FN4O/c26-19-12-14-20(15-13-19)29-16-6-9-21(29)17-27-30-24(18-7-2-1-3-8-18)28-23-11-5-4-10-22(23)25(30)31/h1-17H. The van der Waals surface area contributed by atoms with Crippen molar-refractivity contribution in [2.75, 3.05) is 0 Å². The molecule has 5 aromatic rings. The summed E-state index contributed by atoms with van der Waals surface area (Å²) in [6.45, 7) is 0. The zero-order valence-corrected chi connectivity index (χ0v) is 16.4. The van der Waals surface area contributed by atoms with Crippen molar-refractivity contribution >= 4 is 17.1 Å². The van der Waals surface area contributed by atoms with Crippen molar-refractivity contribution in [3.63, 3.8) is 0 Å². The minimum atomic E-state index is -0.299. The lowest BCUT2D eigenvalue weighted by molar-refractivity contribution is 0.627. The van der Waals surface area contributed by atoms with Crippen molar-refractivity contribution in [1.29, 1.82) is 0 Å². The molecule has 0 radical (unpaired) electrons. The summed E-state index contributed by atoms with van der Waals surface area (Å²) in [5, 5.41) is 4.99. The van der Waals surface area contributed by atoms with E-state index in [0.717, 1.165) is 16.9 Å². The summed E-state index contributed by atoms with van der Waals surface area (Å²) in [4.78, 5) is 17.9. The van der Waals surface area contributed by atoms with Gasteiger partial charge in [-0.15, -0.1) is 0 Å². The number of nitrogens with zero attached hydrogens (tertiary/aromatic N) is 4. The van der Waals surface area contributed by atoms with Gasteiger partial charge in [-0.05, 0) is 48.5 Å². The maximum Gasteiger partial charge on any atom is 0.282 e. The van der Waals surface area contributed by atoms with E-state index in [4.69, 9.17) is 4.98 Å². The van der Waals surface area contributed by atoms with E-state index in [1.165, 1.54) is 16.8 Å². The van der Waals surface area contributed by atoms with E-state index in [1.807, 2.05) is 65.4 Å². The van der Waals surface area contributed by atoms with Gasteiger partial charge >= 0.3 is 0 Å². The Kier molecular flexibility index (Phi) is 4.72. The molecule has 0 atom stereocenters. The average Bonchev–Trinajstić information content (AvgIpc) is 3.28. The molecule has 2 aromatic heterocycles. The number of para-hydroxylation sites is 1. The van der Waals surface area contributed by atoms with Gasteiger partial charge in [-0.25, -0.2) is 9.37 Å². The number of halogens is 1. The molecule has 0 aliphatic carbocycles. The fourth-order valence-corrected chi connectivity index (χ4v) is 3.46. The highest BCUT2D eigenvalue weighted by atomic mass is 19.1. The van der Waals surface area contributed by atoms with Crippen LogP contribution >= 0.6 is 0 Å². The molecule has 5 rings (SSSR count). The van der Waals surface area contributed by atoms with Gasteiger partial charge in [0.05, 0.1) is 22.8 Å². The second-order valence-electron chi connectivity index (χ2n) is 6.96. The summed E-state index contributed by atoms with van der Waals surface area (Å²) in [5.41, 5.74) is 2.69. The van der Waals surface area contributed by atoms with E-state index in [-0.39, 0.29) is 11.4 Å². The van der Waals surface area contributed by atoms with Gasteiger partial charge in [0.1, 0.15) is 5.82 Å². The highest BCUT2D eigenvalue weighted by molar-refractivity contribution is 5.81. The maximum atomic E-state index is 13.3. The largest absolute Gasteiger partial charge is 0.316 e. The van der Waals surface area contributed by atoms with Gasteiger partial charge in [0.15, 0.2) is 5.82 Å². The Morgan fingerprint density at radius 2 is 1.58 bits per heavy atom. The van der Waals surface area contributed by atoms with E-state index < -0.39 is 0 Å². The van der Waals surface area contributed by atoms with Crippen LogP contribution in [0.2, 0.25) is 0 Å². The van der Waals surface area contributed by atoms with Crippen molar-refractivity contribution in [2.45, 2.75) is 0 Å². The van der Waals surface area contributed by atoms with E-state index in [2.05, 4.69) is 5.10 Å². The van der Waals surface area contributed by atoms with Crippen LogP contribution in [0.3, 0.4) is 0 Å². The predicted octanol–water partition coefficient (Wildman–Crippen LogP) is 4.88. The Labute approximate surface area is 177 Å². The van der Waals surface area contributed by atoms with Crippen LogP contribution in [0.15, 0.2) is 107 Å². The molecule has 0 fully saturated rings. The van der Waals surface area contributed by atoms with E-state index in [0.29, 0.717) is 16.7 Å². The predicted molar refractivity (Wildman–Crippen MR) is 120 cm³/mol. The molecule has 0 aliphatic rings. The molecule has 0 saturated heterocycles. The van der Waals surface area contributed by atoms with Crippen LogP contribution in [0, 0.1) is 5.82 Å². The molecule has 5 nitrogen and oxygen atoms in total. The first-order valence-electron chi connectivity index (χ1n) is 9.75. The third-order valence-corrected chi connectivity index (χ3v) is 4.98. The molecule has 31 heavy (non-hydrogen) atoms. The number of hydrogen-bond acceptors (Lipinski definition) is 3. The van der Waals surface area contributed by atoms with Crippen molar-refractivity contribution in [2.24, 2.45) is 5.10 Å². The Bertz CT molecular complexity index is 1450. The zero-order chi connectivity index (χ0) is 21.2. The lowest BCUT2D eigenvalue weighted by Gasteiger charge is -2.10. The van der Waals surface area contributed by atoms with Gasteiger partial charge in [-0.1, -0.05) is 42.5 Å². The van der Waals surface area contributed by atoms with Crippen molar-refractivity contribution in [3.05, 3.63) is 119 Å². The first kappa shape index (κ1) is 18.7. The summed E-state index contributed by atoms with van der Waals surface area (Å²) >= 11 is 0. The van der Waals surface area contributed by atoms with E-state index >= 15 is 0 Å². The van der Waals surface area contributed by atoms with Gasteiger partial charge in [-0.2, -0.15) is 9.78 Å². The van der Waals surface area contributed by atoms with E-state index in [9.17, 15) is 9.18 Å². The van der Waals surface area contributed by atoms with E-state index in [1.54, 1.807) is 30.5 Å². The minimum Gasteiger partial charge on any atom is -0.316 e. The van der Waals surface area contributed by atoms with Crippen LogP contribution < -0.4 is 5.56 Å². The zero-order valence-electron chi connectivity index (χ0n) is 16.4. The van der Waals surface area contributed by atoms with Gasteiger partial charge < -0.3 is 4.57 Å². The number of aromatic nitrogens is 3. The number of rotatable bonds is 4. The monoisotopic (exact) mass is 408 g/mol. The first-order chi connectivity index (χ1) is 15.2. The van der Waals surface area contributed by atoms with Gasteiger partial charge in [0, 0.05) is 17.4 Å².